The van der Waals surface area contributed by atoms with Crippen molar-refractivity contribution in [3.8, 4) is 17.2 Å². The molecule has 0 spiro atoms. The van der Waals surface area contributed by atoms with Crippen LogP contribution in [0.25, 0.3) is 11.3 Å². The van der Waals surface area contributed by atoms with E-state index in [0.29, 0.717) is 29.0 Å². The van der Waals surface area contributed by atoms with Crippen LogP contribution in [-0.4, -0.2) is 28.6 Å². The molecule has 1 aromatic heterocycles. The second kappa shape index (κ2) is 7.55. The molecular weight excluding hydrogens is 370 g/mol. The highest BCUT2D eigenvalue weighted by molar-refractivity contribution is 6.31. The van der Waals surface area contributed by atoms with Crippen molar-refractivity contribution in [1.29, 1.82) is 0 Å². The smallest absolute Gasteiger partial charge is 0.260 e. The minimum Gasteiger partial charge on any atom is -0.504 e. The van der Waals surface area contributed by atoms with E-state index in [1.165, 1.54) is 7.11 Å². The van der Waals surface area contributed by atoms with Crippen LogP contribution < -0.4 is 15.4 Å². The second-order valence-electron chi connectivity index (χ2n) is 6.55. The first-order valence-electron chi connectivity index (χ1n) is 8.99. The summed E-state index contributed by atoms with van der Waals surface area (Å²) in [4.78, 5) is 24.6. The van der Waals surface area contributed by atoms with Crippen LogP contribution >= 0.6 is 0 Å². The molecule has 2 heterocycles. The number of carbonyl (C=O) groups excluding carboxylic acids is 2. The lowest BCUT2D eigenvalue weighted by atomic mass is 9.95. The van der Waals surface area contributed by atoms with Gasteiger partial charge in [0.2, 0.25) is 0 Å². The summed E-state index contributed by atoms with van der Waals surface area (Å²) in [7, 11) is 1.49. The summed E-state index contributed by atoms with van der Waals surface area (Å²) in [5.74, 6) is -0.440. The normalized spacial score (nSPS) is 14.4. The number of aromatic hydroxyl groups is 1. The van der Waals surface area contributed by atoms with Gasteiger partial charge in [-0.1, -0.05) is 6.07 Å². The Morgan fingerprint density at radius 3 is 2.59 bits per heavy atom. The molecule has 1 aliphatic heterocycles. The average molecular weight is 389 g/mol. The average Bonchev–Trinajstić information content (AvgIpc) is 3.25. The molecule has 146 valence electrons. The van der Waals surface area contributed by atoms with E-state index in [4.69, 9.17) is 4.74 Å². The quantitative estimate of drug-likeness (QED) is 0.461. The molecule has 1 aliphatic rings. The lowest BCUT2D eigenvalue weighted by molar-refractivity contribution is -0.114. The van der Waals surface area contributed by atoms with Gasteiger partial charge in [0.05, 0.1) is 12.7 Å². The van der Waals surface area contributed by atoms with Gasteiger partial charge in [0, 0.05) is 42.0 Å². The Kier molecular flexibility index (Phi) is 4.78. The molecule has 0 saturated heterocycles. The lowest BCUT2D eigenvalue weighted by Gasteiger charge is -2.19. The number of phenols is 1. The van der Waals surface area contributed by atoms with E-state index in [1.807, 2.05) is 47.3 Å². The van der Waals surface area contributed by atoms with Gasteiger partial charge in [-0.3, -0.25) is 14.9 Å². The maximum Gasteiger partial charge on any atom is 0.260 e. The molecule has 4 rings (SSSR count). The number of carbonyl (C=O) groups is 2. The molecular formula is C22H19N3O4. The summed E-state index contributed by atoms with van der Waals surface area (Å²) < 4.78 is 6.94. The number of hydrogen-bond donors (Lipinski definition) is 3. The van der Waals surface area contributed by atoms with Crippen molar-refractivity contribution in [3.05, 3.63) is 83.8 Å². The lowest BCUT2D eigenvalue weighted by Crippen LogP contribution is -2.37. The molecule has 0 aliphatic carbocycles. The summed E-state index contributed by atoms with van der Waals surface area (Å²) in [5.41, 5.74) is 3.04. The van der Waals surface area contributed by atoms with Gasteiger partial charge in [-0.25, -0.2) is 0 Å². The van der Waals surface area contributed by atoms with Crippen LogP contribution in [-0.2, 0) is 11.3 Å². The van der Waals surface area contributed by atoms with E-state index in [1.54, 1.807) is 24.4 Å². The van der Waals surface area contributed by atoms with Crippen molar-refractivity contribution in [1.82, 2.24) is 15.2 Å². The number of rotatable bonds is 5. The number of ether oxygens (including phenoxy) is 1. The van der Waals surface area contributed by atoms with Gasteiger partial charge in [0.15, 0.2) is 11.5 Å². The second-order valence-corrected chi connectivity index (χ2v) is 6.55. The highest BCUT2D eigenvalue weighted by Gasteiger charge is 2.27. The number of fused-ring (bicyclic) bond motifs is 1. The van der Waals surface area contributed by atoms with Crippen molar-refractivity contribution in [2.45, 2.75) is 6.54 Å². The van der Waals surface area contributed by atoms with Crippen molar-refractivity contribution in [2.75, 3.05) is 7.11 Å². The summed E-state index contributed by atoms with van der Waals surface area (Å²) in [5, 5.41) is 15.3. The molecule has 0 bridgehead atoms. The van der Waals surface area contributed by atoms with Crippen molar-refractivity contribution in [2.24, 2.45) is 0 Å². The van der Waals surface area contributed by atoms with Crippen LogP contribution in [0, 0.1) is 0 Å². The number of nitrogens with one attached hydrogen (secondary N) is 2. The van der Waals surface area contributed by atoms with Crippen molar-refractivity contribution in [3.63, 3.8) is 0 Å². The Hall–Kier alpha value is -4.00. The number of aromatic nitrogens is 1. The van der Waals surface area contributed by atoms with E-state index in [-0.39, 0.29) is 5.75 Å². The van der Waals surface area contributed by atoms with E-state index in [9.17, 15) is 14.7 Å². The van der Waals surface area contributed by atoms with Gasteiger partial charge in [0.1, 0.15) is 0 Å². The summed E-state index contributed by atoms with van der Waals surface area (Å²) in [6.07, 6.45) is 5.37. The first kappa shape index (κ1) is 18.4. The van der Waals surface area contributed by atoms with Crippen LogP contribution in [0.3, 0.4) is 0 Å². The van der Waals surface area contributed by atoms with Gasteiger partial charge in [-0.15, -0.1) is 0 Å². The predicted octanol–water partition coefficient (Wildman–Crippen LogP) is 2.59. The summed E-state index contributed by atoms with van der Waals surface area (Å²) in [6.45, 7) is 0.384. The van der Waals surface area contributed by atoms with E-state index in [0.717, 1.165) is 11.3 Å². The fourth-order valence-corrected chi connectivity index (χ4v) is 3.24. The van der Waals surface area contributed by atoms with Crippen LogP contribution in [0.4, 0.5) is 0 Å². The SMILES string of the molecule is COc1ccc(CN/C=C2\C(=O)NC(=O)c3ccc(-n4cccc4)cc32)cc1O. The first-order valence-corrected chi connectivity index (χ1v) is 8.99. The third-order valence-electron chi connectivity index (χ3n) is 4.71. The Bertz CT molecular complexity index is 1120. The largest absolute Gasteiger partial charge is 0.504 e. The first-order chi connectivity index (χ1) is 14.1. The molecule has 3 aromatic rings. The minimum absolute atomic E-state index is 0.0437. The maximum absolute atomic E-state index is 12.4. The molecule has 0 fully saturated rings. The zero-order chi connectivity index (χ0) is 20.4. The standard InChI is InChI=1S/C22H19N3O4/c1-29-20-7-4-14(10-19(20)26)12-23-13-18-17-11-15(25-8-2-3-9-25)5-6-16(17)21(27)24-22(18)28/h2-11,13,23,26H,12H2,1H3,(H,24,27,28)/b18-13-. The molecule has 0 saturated carbocycles. The Labute approximate surface area is 167 Å². The van der Waals surface area contributed by atoms with Crippen LogP contribution in [0.1, 0.15) is 21.5 Å². The highest BCUT2D eigenvalue weighted by Crippen LogP contribution is 2.28. The molecule has 0 unspecified atom stereocenters. The minimum atomic E-state index is -0.461. The van der Waals surface area contributed by atoms with E-state index >= 15 is 0 Å². The molecule has 7 nitrogen and oxygen atoms in total. The number of phenolic OH excluding ortho intramolecular Hbond substituents is 1. The zero-order valence-electron chi connectivity index (χ0n) is 15.7. The van der Waals surface area contributed by atoms with Gasteiger partial charge in [-0.05, 0) is 48.0 Å². The molecule has 29 heavy (non-hydrogen) atoms. The van der Waals surface area contributed by atoms with Gasteiger partial charge in [-0.2, -0.15) is 0 Å². The zero-order valence-corrected chi connectivity index (χ0v) is 15.7. The number of hydrogen-bond acceptors (Lipinski definition) is 5. The Morgan fingerprint density at radius 2 is 1.86 bits per heavy atom. The molecule has 2 amide bonds. The van der Waals surface area contributed by atoms with Crippen LogP contribution in [0.5, 0.6) is 11.5 Å². The van der Waals surface area contributed by atoms with Gasteiger partial charge >= 0.3 is 0 Å². The fourth-order valence-electron chi connectivity index (χ4n) is 3.24. The molecule has 0 atom stereocenters. The molecule has 7 heteroatoms. The van der Waals surface area contributed by atoms with Crippen molar-refractivity contribution >= 4 is 17.4 Å². The van der Waals surface area contributed by atoms with Crippen LogP contribution in [0.2, 0.25) is 0 Å². The van der Waals surface area contributed by atoms with E-state index in [2.05, 4.69) is 10.6 Å². The number of benzene rings is 2. The fraction of sp³-hybridized carbons (Fsp3) is 0.0909. The molecule has 2 aromatic carbocycles. The summed E-state index contributed by atoms with van der Waals surface area (Å²) >= 11 is 0. The number of methoxy groups -OCH3 is 1. The van der Waals surface area contributed by atoms with Gasteiger partial charge < -0.3 is 19.7 Å². The maximum atomic E-state index is 12.4. The van der Waals surface area contributed by atoms with Gasteiger partial charge in [0.25, 0.3) is 11.8 Å². The number of imide groups is 1. The van der Waals surface area contributed by atoms with E-state index < -0.39 is 11.8 Å². The Balaban J connectivity index is 1.62. The Morgan fingerprint density at radius 1 is 1.07 bits per heavy atom. The summed E-state index contributed by atoms with van der Waals surface area (Å²) in [6, 6.07) is 14.2. The monoisotopic (exact) mass is 389 g/mol. The van der Waals surface area contributed by atoms with Crippen molar-refractivity contribution < 1.29 is 19.4 Å². The number of nitrogens with zero attached hydrogens (tertiary/aromatic N) is 1. The molecule has 3 N–H and O–H groups in total. The molecule has 0 radical (unpaired) electrons. The third kappa shape index (κ3) is 3.58. The topological polar surface area (TPSA) is 92.6 Å². The predicted molar refractivity (Wildman–Crippen MR) is 108 cm³/mol. The highest BCUT2D eigenvalue weighted by atomic mass is 16.5. The number of amides is 2. The third-order valence-corrected chi connectivity index (χ3v) is 4.71. The van der Waals surface area contributed by atoms with Crippen LogP contribution in [0.15, 0.2) is 67.1 Å².